The molecule has 0 radical (unpaired) electrons. The largest absolute Gasteiger partial charge is 0.258 e. The maximum Gasteiger partial charge on any atom is 0.0182 e. The van der Waals surface area contributed by atoms with Crippen molar-refractivity contribution in [3.8, 4) is 0 Å². The van der Waals surface area contributed by atoms with E-state index in [1.54, 1.807) is 0 Å². The van der Waals surface area contributed by atoms with Crippen LogP contribution in [0.1, 0.15) is 53.4 Å². The highest BCUT2D eigenvalue weighted by Crippen LogP contribution is 2.07. The monoisotopic (exact) mass is 186 g/mol. The topological polar surface area (TPSA) is 24.1 Å². The molecule has 0 rings (SSSR count). The second-order valence-electron chi connectivity index (χ2n) is 4.06. The van der Waals surface area contributed by atoms with E-state index < -0.39 is 0 Å². The second kappa shape index (κ2) is 8.52. The number of hydrogen-bond donors (Lipinski definition) is 2. The summed E-state index contributed by atoms with van der Waals surface area (Å²) in [6.07, 6.45) is 5.11. The lowest BCUT2D eigenvalue weighted by atomic mass is 10.0. The smallest absolute Gasteiger partial charge is 0.0182 e. The van der Waals surface area contributed by atoms with Gasteiger partial charge in [-0.3, -0.25) is 10.9 Å². The number of hydrazine groups is 1. The molecule has 2 unspecified atom stereocenters. The van der Waals surface area contributed by atoms with E-state index in [1.807, 2.05) is 0 Å². The van der Waals surface area contributed by atoms with Crippen molar-refractivity contribution in [2.75, 3.05) is 6.54 Å². The molecule has 0 aromatic carbocycles. The minimum atomic E-state index is 0.585. The molecule has 0 fully saturated rings. The van der Waals surface area contributed by atoms with E-state index in [9.17, 15) is 0 Å². The van der Waals surface area contributed by atoms with Gasteiger partial charge in [0, 0.05) is 12.6 Å². The lowest BCUT2D eigenvalue weighted by molar-refractivity contribution is 0.398. The molecule has 0 aromatic rings. The first-order chi connectivity index (χ1) is 6.20. The van der Waals surface area contributed by atoms with Crippen molar-refractivity contribution in [1.29, 1.82) is 0 Å². The first-order valence-electron chi connectivity index (χ1n) is 5.69. The molecule has 0 spiro atoms. The third kappa shape index (κ3) is 8.26. The summed E-state index contributed by atoms with van der Waals surface area (Å²) in [5, 5.41) is 0. The number of nitrogens with one attached hydrogen (secondary N) is 2. The van der Waals surface area contributed by atoms with E-state index in [0.29, 0.717) is 6.04 Å². The summed E-state index contributed by atoms with van der Waals surface area (Å²) < 4.78 is 0. The van der Waals surface area contributed by atoms with Crippen LogP contribution < -0.4 is 10.9 Å². The van der Waals surface area contributed by atoms with Crippen LogP contribution in [-0.4, -0.2) is 12.6 Å². The summed E-state index contributed by atoms with van der Waals surface area (Å²) in [5.74, 6) is 0.858. The molecule has 0 amide bonds. The summed E-state index contributed by atoms with van der Waals surface area (Å²) in [7, 11) is 0. The Labute approximate surface area is 83.5 Å². The van der Waals surface area contributed by atoms with Crippen LogP contribution in [0, 0.1) is 5.92 Å². The SMILES string of the molecule is CCCC(C)CCNNC(C)CC. The lowest BCUT2D eigenvalue weighted by Crippen LogP contribution is -2.39. The zero-order valence-electron chi connectivity index (χ0n) is 9.69. The fourth-order valence-electron chi connectivity index (χ4n) is 1.30. The molecule has 2 atom stereocenters. The Morgan fingerprint density at radius 2 is 1.77 bits per heavy atom. The van der Waals surface area contributed by atoms with Gasteiger partial charge in [-0.25, -0.2) is 0 Å². The minimum Gasteiger partial charge on any atom is -0.258 e. The van der Waals surface area contributed by atoms with Crippen LogP contribution in [0.2, 0.25) is 0 Å². The molecule has 0 heterocycles. The predicted octanol–water partition coefficient (Wildman–Crippen LogP) is 2.71. The molecule has 13 heavy (non-hydrogen) atoms. The van der Waals surface area contributed by atoms with Crippen molar-refractivity contribution >= 4 is 0 Å². The molecule has 2 nitrogen and oxygen atoms in total. The molecule has 0 saturated carbocycles. The van der Waals surface area contributed by atoms with Crippen LogP contribution in [0.25, 0.3) is 0 Å². The van der Waals surface area contributed by atoms with Crippen LogP contribution in [0.15, 0.2) is 0 Å². The summed E-state index contributed by atoms with van der Waals surface area (Å²) in [6, 6.07) is 0.585. The van der Waals surface area contributed by atoms with Gasteiger partial charge in [-0.15, -0.1) is 0 Å². The Kier molecular flexibility index (Phi) is 8.46. The highest BCUT2D eigenvalue weighted by Gasteiger charge is 2.00. The van der Waals surface area contributed by atoms with Gasteiger partial charge in [0.05, 0.1) is 0 Å². The Morgan fingerprint density at radius 3 is 2.31 bits per heavy atom. The van der Waals surface area contributed by atoms with E-state index in [2.05, 4.69) is 38.5 Å². The van der Waals surface area contributed by atoms with E-state index in [-0.39, 0.29) is 0 Å². The van der Waals surface area contributed by atoms with Gasteiger partial charge in [0.25, 0.3) is 0 Å². The maximum absolute atomic E-state index is 3.28. The van der Waals surface area contributed by atoms with Crippen LogP contribution >= 0.6 is 0 Å². The van der Waals surface area contributed by atoms with Crippen molar-refractivity contribution in [2.45, 2.75) is 59.4 Å². The van der Waals surface area contributed by atoms with Gasteiger partial charge in [0.2, 0.25) is 0 Å². The Balaban J connectivity index is 3.15. The molecular formula is C11H26N2. The predicted molar refractivity (Wildman–Crippen MR) is 59.6 cm³/mol. The first kappa shape index (κ1) is 12.9. The van der Waals surface area contributed by atoms with Crippen molar-refractivity contribution in [2.24, 2.45) is 5.92 Å². The summed E-state index contributed by atoms with van der Waals surface area (Å²) >= 11 is 0. The highest BCUT2D eigenvalue weighted by atomic mass is 15.4. The second-order valence-corrected chi connectivity index (χ2v) is 4.06. The Bertz CT molecular complexity index is 104. The van der Waals surface area contributed by atoms with Crippen LogP contribution in [0.4, 0.5) is 0 Å². The van der Waals surface area contributed by atoms with Gasteiger partial charge in [-0.2, -0.15) is 0 Å². The summed E-state index contributed by atoms with van der Waals surface area (Å²) in [5.41, 5.74) is 6.56. The van der Waals surface area contributed by atoms with Crippen LogP contribution in [-0.2, 0) is 0 Å². The fourth-order valence-corrected chi connectivity index (χ4v) is 1.30. The zero-order valence-corrected chi connectivity index (χ0v) is 9.69. The summed E-state index contributed by atoms with van der Waals surface area (Å²) in [4.78, 5) is 0. The van der Waals surface area contributed by atoms with E-state index >= 15 is 0 Å². The molecular weight excluding hydrogens is 160 g/mol. The number of hydrogen-bond acceptors (Lipinski definition) is 2. The van der Waals surface area contributed by atoms with Gasteiger partial charge < -0.3 is 0 Å². The van der Waals surface area contributed by atoms with E-state index in [1.165, 1.54) is 25.7 Å². The Hall–Kier alpha value is -0.0800. The van der Waals surface area contributed by atoms with Gasteiger partial charge >= 0.3 is 0 Å². The molecule has 0 aliphatic rings. The van der Waals surface area contributed by atoms with Gasteiger partial charge in [-0.1, -0.05) is 33.6 Å². The molecule has 2 heteroatoms. The molecule has 0 bridgehead atoms. The van der Waals surface area contributed by atoms with Crippen molar-refractivity contribution in [1.82, 2.24) is 10.9 Å². The van der Waals surface area contributed by atoms with Gasteiger partial charge in [0.1, 0.15) is 0 Å². The normalized spacial score (nSPS) is 15.7. The van der Waals surface area contributed by atoms with E-state index in [0.717, 1.165) is 12.5 Å². The average Bonchev–Trinajstić information content (AvgIpc) is 2.12. The van der Waals surface area contributed by atoms with Crippen molar-refractivity contribution in [3.05, 3.63) is 0 Å². The number of rotatable bonds is 8. The fraction of sp³-hybridized carbons (Fsp3) is 1.00. The average molecular weight is 186 g/mol. The van der Waals surface area contributed by atoms with Gasteiger partial charge in [0.15, 0.2) is 0 Å². The molecule has 0 aliphatic carbocycles. The van der Waals surface area contributed by atoms with Gasteiger partial charge in [-0.05, 0) is 25.7 Å². The molecule has 0 saturated heterocycles. The third-order valence-electron chi connectivity index (χ3n) is 2.50. The zero-order chi connectivity index (χ0) is 10.1. The minimum absolute atomic E-state index is 0.585. The molecule has 0 aromatic heterocycles. The van der Waals surface area contributed by atoms with Crippen LogP contribution in [0.3, 0.4) is 0 Å². The van der Waals surface area contributed by atoms with Crippen molar-refractivity contribution in [3.63, 3.8) is 0 Å². The lowest BCUT2D eigenvalue weighted by Gasteiger charge is -2.14. The molecule has 2 N–H and O–H groups in total. The van der Waals surface area contributed by atoms with Crippen molar-refractivity contribution < 1.29 is 0 Å². The maximum atomic E-state index is 3.28. The first-order valence-corrected chi connectivity index (χ1v) is 5.69. The highest BCUT2D eigenvalue weighted by molar-refractivity contribution is 4.56. The summed E-state index contributed by atoms with van der Waals surface area (Å²) in [6.45, 7) is 10.1. The van der Waals surface area contributed by atoms with Crippen LogP contribution in [0.5, 0.6) is 0 Å². The third-order valence-corrected chi connectivity index (χ3v) is 2.50. The Morgan fingerprint density at radius 1 is 1.08 bits per heavy atom. The molecule has 0 aliphatic heterocycles. The molecule has 80 valence electrons. The van der Waals surface area contributed by atoms with E-state index in [4.69, 9.17) is 0 Å². The standard InChI is InChI=1S/C11H26N2/c1-5-7-10(3)8-9-12-13-11(4)6-2/h10-13H,5-9H2,1-4H3. The quantitative estimate of drug-likeness (QED) is 0.450.